The molecule has 3 aromatic carbocycles. The van der Waals surface area contributed by atoms with Crippen molar-refractivity contribution in [3.05, 3.63) is 89.5 Å². The normalized spacial score (nSPS) is 10.6. The van der Waals surface area contributed by atoms with E-state index in [9.17, 15) is 9.59 Å². The Balaban J connectivity index is 1.57. The van der Waals surface area contributed by atoms with E-state index in [-0.39, 0.29) is 0 Å². The molecule has 0 saturated carbocycles. The fraction of sp³-hybridized carbons (Fsp3) is 0.0909. The van der Waals surface area contributed by atoms with Crippen LogP contribution in [0.5, 0.6) is 5.75 Å². The molecule has 7 heteroatoms. The third-order valence-corrected chi connectivity index (χ3v) is 3.96. The van der Waals surface area contributed by atoms with Crippen molar-refractivity contribution in [1.29, 1.82) is 0 Å². The van der Waals surface area contributed by atoms with Gasteiger partial charge < -0.3 is 9.57 Å². The van der Waals surface area contributed by atoms with E-state index in [4.69, 9.17) is 9.57 Å². The largest absolute Gasteiger partial charge is 0.497 e. The molecule has 0 fully saturated rings. The third kappa shape index (κ3) is 5.49. The lowest BCUT2D eigenvalue weighted by Gasteiger charge is -2.07. The minimum atomic E-state index is -0.545. The number of amides is 1. The summed E-state index contributed by atoms with van der Waals surface area (Å²) in [4.78, 5) is 29.2. The van der Waals surface area contributed by atoms with Crippen LogP contribution in [0.4, 0.5) is 11.4 Å². The van der Waals surface area contributed by atoms with Crippen molar-refractivity contribution in [1.82, 2.24) is 0 Å². The Labute approximate surface area is 168 Å². The van der Waals surface area contributed by atoms with Gasteiger partial charge in [-0.15, -0.1) is 10.2 Å². The van der Waals surface area contributed by atoms with Gasteiger partial charge in [0.1, 0.15) is 5.75 Å². The van der Waals surface area contributed by atoms with Crippen molar-refractivity contribution in [2.45, 2.75) is 6.92 Å². The Kier molecular flexibility index (Phi) is 6.32. The van der Waals surface area contributed by atoms with E-state index in [1.165, 1.54) is 7.11 Å². The molecule has 1 N–H and O–H groups in total. The number of methoxy groups -OCH3 is 1. The molecule has 0 bridgehead atoms. The Morgan fingerprint density at radius 1 is 0.897 bits per heavy atom. The standard InChI is InChI=1S/C22H19N3O4/c1-15-5-3-6-16(13-15)21(26)24-23-18-9-11-19(12-10-18)25-29-22(27)17-7-4-8-20(14-17)28-2/h3-14,25H,1-2H3. The summed E-state index contributed by atoms with van der Waals surface area (Å²) >= 11 is 0. The third-order valence-electron chi connectivity index (χ3n) is 3.96. The summed E-state index contributed by atoms with van der Waals surface area (Å²) in [5.74, 6) is -0.395. The molecule has 0 unspecified atom stereocenters. The Hall–Kier alpha value is -4.00. The van der Waals surface area contributed by atoms with Crippen molar-refractivity contribution in [3.63, 3.8) is 0 Å². The van der Waals surface area contributed by atoms with Crippen LogP contribution in [-0.4, -0.2) is 19.0 Å². The SMILES string of the molecule is COc1cccc(C(=O)ONc2ccc(N=NC(=O)c3cccc(C)c3)cc2)c1. The van der Waals surface area contributed by atoms with E-state index in [0.29, 0.717) is 28.3 Å². The van der Waals surface area contributed by atoms with Crippen LogP contribution in [0, 0.1) is 6.92 Å². The van der Waals surface area contributed by atoms with Crippen LogP contribution in [0.1, 0.15) is 26.3 Å². The van der Waals surface area contributed by atoms with Crippen LogP contribution in [0.2, 0.25) is 0 Å². The number of nitrogens with zero attached hydrogens (tertiary/aromatic N) is 2. The maximum absolute atomic E-state index is 12.1. The molecule has 146 valence electrons. The predicted molar refractivity (Wildman–Crippen MR) is 108 cm³/mol. The minimum absolute atomic E-state index is 0.358. The Bertz CT molecular complexity index is 1050. The van der Waals surface area contributed by atoms with Gasteiger partial charge >= 0.3 is 5.97 Å². The number of rotatable bonds is 6. The van der Waals surface area contributed by atoms with Gasteiger partial charge in [-0.05, 0) is 61.5 Å². The van der Waals surface area contributed by atoms with Crippen LogP contribution in [-0.2, 0) is 4.84 Å². The van der Waals surface area contributed by atoms with Gasteiger partial charge in [-0.2, -0.15) is 0 Å². The van der Waals surface area contributed by atoms with Crippen molar-refractivity contribution >= 4 is 23.3 Å². The predicted octanol–water partition coefficient (Wildman–Crippen LogP) is 5.11. The molecule has 29 heavy (non-hydrogen) atoms. The number of carbonyl (C=O) groups excluding carboxylic acids is 2. The van der Waals surface area contributed by atoms with Gasteiger partial charge in [0.25, 0.3) is 5.91 Å². The molecular formula is C22H19N3O4. The van der Waals surface area contributed by atoms with Gasteiger partial charge in [0.2, 0.25) is 0 Å². The first kappa shape index (κ1) is 19.8. The molecular weight excluding hydrogens is 370 g/mol. The summed E-state index contributed by atoms with van der Waals surface area (Å²) in [7, 11) is 1.52. The fourth-order valence-electron chi connectivity index (χ4n) is 2.45. The Morgan fingerprint density at radius 2 is 1.62 bits per heavy atom. The highest BCUT2D eigenvalue weighted by molar-refractivity contribution is 5.94. The number of hydrogen-bond acceptors (Lipinski definition) is 6. The number of benzene rings is 3. The van der Waals surface area contributed by atoms with Crippen molar-refractivity contribution < 1.29 is 19.2 Å². The first-order valence-corrected chi connectivity index (χ1v) is 8.79. The minimum Gasteiger partial charge on any atom is -0.497 e. The lowest BCUT2D eigenvalue weighted by atomic mass is 10.1. The van der Waals surface area contributed by atoms with Gasteiger partial charge in [-0.3, -0.25) is 4.79 Å². The van der Waals surface area contributed by atoms with Gasteiger partial charge in [0.15, 0.2) is 0 Å². The maximum Gasteiger partial charge on any atom is 0.362 e. The summed E-state index contributed by atoms with van der Waals surface area (Å²) in [6.07, 6.45) is 0. The molecule has 0 radical (unpaired) electrons. The summed E-state index contributed by atoms with van der Waals surface area (Å²) in [5.41, 5.74) is 5.44. The second-order valence-electron chi connectivity index (χ2n) is 6.15. The van der Waals surface area contributed by atoms with Crippen LogP contribution in [0.25, 0.3) is 0 Å². The molecule has 0 spiro atoms. The average Bonchev–Trinajstić information content (AvgIpc) is 2.76. The zero-order valence-corrected chi connectivity index (χ0v) is 16.0. The second-order valence-corrected chi connectivity index (χ2v) is 6.15. The maximum atomic E-state index is 12.1. The number of nitrogens with one attached hydrogen (secondary N) is 1. The molecule has 3 rings (SSSR count). The van der Waals surface area contributed by atoms with E-state index in [1.807, 2.05) is 13.0 Å². The van der Waals surface area contributed by atoms with E-state index in [0.717, 1.165) is 5.56 Å². The number of ether oxygens (including phenoxy) is 1. The van der Waals surface area contributed by atoms with E-state index in [2.05, 4.69) is 15.7 Å². The average molecular weight is 389 g/mol. The van der Waals surface area contributed by atoms with Crippen LogP contribution in [0.3, 0.4) is 0 Å². The van der Waals surface area contributed by atoms with Crippen molar-refractivity contribution in [2.75, 3.05) is 12.6 Å². The highest BCUT2D eigenvalue weighted by atomic mass is 16.7. The fourth-order valence-corrected chi connectivity index (χ4v) is 2.45. The Morgan fingerprint density at radius 3 is 2.34 bits per heavy atom. The van der Waals surface area contributed by atoms with Crippen molar-refractivity contribution in [3.8, 4) is 5.75 Å². The topological polar surface area (TPSA) is 89.3 Å². The second kappa shape index (κ2) is 9.27. The molecule has 0 aromatic heterocycles. The van der Waals surface area contributed by atoms with Gasteiger partial charge in [-0.25, -0.2) is 10.3 Å². The van der Waals surface area contributed by atoms with Gasteiger partial charge in [0.05, 0.1) is 24.0 Å². The van der Waals surface area contributed by atoms with Crippen LogP contribution < -0.4 is 10.2 Å². The molecule has 0 saturated heterocycles. The van der Waals surface area contributed by atoms with E-state index in [1.54, 1.807) is 66.7 Å². The number of carbonyl (C=O) groups is 2. The summed E-state index contributed by atoms with van der Waals surface area (Å²) in [6.45, 7) is 1.90. The number of aryl methyl sites for hydroxylation is 1. The van der Waals surface area contributed by atoms with E-state index < -0.39 is 11.9 Å². The zero-order chi connectivity index (χ0) is 20.6. The highest BCUT2D eigenvalue weighted by Crippen LogP contribution is 2.18. The van der Waals surface area contributed by atoms with E-state index >= 15 is 0 Å². The summed E-state index contributed by atoms with van der Waals surface area (Å²) < 4.78 is 5.08. The summed E-state index contributed by atoms with van der Waals surface area (Å²) in [5, 5.41) is 7.68. The number of anilines is 1. The van der Waals surface area contributed by atoms with Crippen LogP contribution in [0.15, 0.2) is 83.0 Å². The molecule has 1 amide bonds. The first-order valence-electron chi connectivity index (χ1n) is 8.79. The molecule has 7 nitrogen and oxygen atoms in total. The lowest BCUT2D eigenvalue weighted by Crippen LogP contribution is -2.10. The molecule has 0 aliphatic heterocycles. The molecule has 0 atom stereocenters. The molecule has 3 aromatic rings. The summed E-state index contributed by atoms with van der Waals surface area (Å²) in [6, 6.07) is 20.4. The zero-order valence-electron chi connectivity index (χ0n) is 16.0. The highest BCUT2D eigenvalue weighted by Gasteiger charge is 2.09. The lowest BCUT2D eigenvalue weighted by molar-refractivity contribution is 0.0596. The van der Waals surface area contributed by atoms with Crippen LogP contribution >= 0.6 is 0 Å². The molecule has 0 heterocycles. The quantitative estimate of drug-likeness (QED) is 0.467. The van der Waals surface area contributed by atoms with Gasteiger partial charge in [-0.1, -0.05) is 23.8 Å². The number of azo groups is 1. The van der Waals surface area contributed by atoms with Gasteiger partial charge in [0, 0.05) is 5.56 Å². The smallest absolute Gasteiger partial charge is 0.362 e. The first-order chi connectivity index (χ1) is 14.0. The van der Waals surface area contributed by atoms with Crippen molar-refractivity contribution in [2.24, 2.45) is 10.2 Å². The molecule has 0 aliphatic rings. The monoisotopic (exact) mass is 389 g/mol. The number of hydrogen-bond donors (Lipinski definition) is 1. The molecule has 0 aliphatic carbocycles.